The molecule has 0 aromatic heterocycles. The van der Waals surface area contributed by atoms with E-state index >= 15 is 0 Å². The maximum absolute atomic E-state index is 10.7. The summed E-state index contributed by atoms with van der Waals surface area (Å²) >= 11 is 0. The molecule has 0 saturated carbocycles. The van der Waals surface area contributed by atoms with Gasteiger partial charge in [-0.25, -0.2) is 0 Å². The Hall–Kier alpha value is -0.530. The van der Waals surface area contributed by atoms with Gasteiger partial charge in [-0.3, -0.25) is 4.79 Å². The van der Waals surface area contributed by atoms with Gasteiger partial charge in [-0.1, -0.05) is 71.1 Å². The van der Waals surface area contributed by atoms with Crippen molar-refractivity contribution in [1.82, 2.24) is 0 Å². The van der Waals surface area contributed by atoms with Crippen LogP contribution in [-0.4, -0.2) is 11.1 Å². The van der Waals surface area contributed by atoms with E-state index in [1.54, 1.807) is 0 Å². The monoisotopic (exact) mass is 229 g/mol. The zero-order chi connectivity index (χ0) is 12.8. The van der Waals surface area contributed by atoms with Crippen molar-refractivity contribution in [2.45, 2.75) is 84.0 Å². The third-order valence-corrected chi connectivity index (χ3v) is 2.98. The average molecular weight is 229 g/mol. The minimum absolute atomic E-state index is 0.402. The van der Waals surface area contributed by atoms with Crippen LogP contribution in [0.3, 0.4) is 0 Å². The van der Waals surface area contributed by atoms with Gasteiger partial charge in [0.2, 0.25) is 0 Å². The van der Waals surface area contributed by atoms with Crippen LogP contribution in [-0.2, 0) is 4.79 Å². The highest BCUT2D eigenvalue weighted by molar-refractivity contribution is 5.66. The van der Waals surface area contributed by atoms with Crippen molar-refractivity contribution in [3.8, 4) is 0 Å². The van der Waals surface area contributed by atoms with Crippen molar-refractivity contribution in [2.24, 2.45) is 0 Å². The quantitative estimate of drug-likeness (QED) is 0.489. The van der Waals surface area contributed by atoms with Crippen molar-refractivity contribution in [1.29, 1.82) is 1.43 Å². The Morgan fingerprint density at radius 3 is 1.75 bits per heavy atom. The van der Waals surface area contributed by atoms with Crippen molar-refractivity contribution in [3.05, 3.63) is 0 Å². The van der Waals surface area contributed by atoms with Crippen LogP contribution in [0.1, 0.15) is 84.0 Å². The fourth-order valence-electron chi connectivity index (χ4n) is 1.93. The van der Waals surface area contributed by atoms with E-state index in [9.17, 15) is 4.79 Å². The Labute approximate surface area is 102 Å². The van der Waals surface area contributed by atoms with Crippen molar-refractivity contribution in [2.75, 3.05) is 0 Å². The fraction of sp³-hybridized carbons (Fsp3) is 0.929. The standard InChI is InChI=1S/C14H28O2/c1-2-3-4-5-6-7-8-9-10-11-12-13-14(15)16/h2-13H2,1H3,(H,15,16)/i/hD. The maximum Gasteiger partial charge on any atom is 0.303 e. The normalized spacial score (nSPS) is 11.2. The highest BCUT2D eigenvalue weighted by Gasteiger charge is 1.96. The van der Waals surface area contributed by atoms with E-state index in [4.69, 9.17) is 1.43 Å². The average Bonchev–Trinajstić information content (AvgIpc) is 2.35. The first-order chi connectivity index (χ1) is 8.31. The van der Waals surface area contributed by atoms with Gasteiger partial charge in [0.05, 0.1) is 0 Å². The molecule has 0 bridgehead atoms. The van der Waals surface area contributed by atoms with Gasteiger partial charge in [-0.2, -0.15) is 0 Å². The molecule has 0 saturated heterocycles. The Bertz CT molecular complexity index is 172. The lowest BCUT2D eigenvalue weighted by Crippen LogP contribution is -1.93. The van der Waals surface area contributed by atoms with E-state index in [2.05, 4.69) is 12.0 Å². The van der Waals surface area contributed by atoms with E-state index in [-0.39, 0.29) is 0 Å². The second-order valence-corrected chi connectivity index (χ2v) is 4.66. The molecule has 16 heavy (non-hydrogen) atoms. The number of aliphatic carboxylic acids is 1. The summed E-state index contributed by atoms with van der Waals surface area (Å²) in [7, 11) is 0. The van der Waals surface area contributed by atoms with Gasteiger partial charge in [0.25, 0.3) is 1.43 Å². The van der Waals surface area contributed by atoms with Crippen LogP contribution in [0.4, 0.5) is 0 Å². The lowest BCUT2D eigenvalue weighted by atomic mass is 10.1. The van der Waals surface area contributed by atoms with Gasteiger partial charge in [0, 0.05) is 6.42 Å². The Morgan fingerprint density at radius 1 is 0.875 bits per heavy atom. The van der Waals surface area contributed by atoms with Gasteiger partial charge < -0.3 is 5.11 Å². The van der Waals surface area contributed by atoms with Crippen LogP contribution in [0.15, 0.2) is 0 Å². The highest BCUT2D eigenvalue weighted by atomic mass is 16.4. The predicted octanol–water partition coefficient (Wildman–Crippen LogP) is 4.77. The second-order valence-electron chi connectivity index (χ2n) is 4.66. The molecule has 0 rings (SSSR count). The molecule has 0 atom stereocenters. The summed E-state index contributed by atoms with van der Waals surface area (Å²) in [6, 6.07) is 0. The molecule has 96 valence electrons. The summed E-state index contributed by atoms with van der Waals surface area (Å²) in [6.45, 7) is 2.25. The summed E-state index contributed by atoms with van der Waals surface area (Å²) < 4.78 is 6.40. The van der Waals surface area contributed by atoms with Gasteiger partial charge in [-0.05, 0) is 6.42 Å². The van der Waals surface area contributed by atoms with Crippen molar-refractivity contribution in [3.63, 3.8) is 0 Å². The smallest absolute Gasteiger partial charge is 0.303 e. The summed E-state index contributed by atoms with van der Waals surface area (Å²) in [5.41, 5.74) is 0. The van der Waals surface area contributed by atoms with E-state index in [1.165, 1.54) is 57.8 Å². The third kappa shape index (κ3) is 13.5. The lowest BCUT2D eigenvalue weighted by Gasteiger charge is -2.01. The van der Waals surface area contributed by atoms with Gasteiger partial charge >= 0.3 is 5.97 Å². The van der Waals surface area contributed by atoms with E-state index in [0.29, 0.717) is 6.42 Å². The van der Waals surface area contributed by atoms with Crippen LogP contribution in [0.2, 0.25) is 0 Å². The molecule has 0 unspecified atom stereocenters. The summed E-state index contributed by atoms with van der Waals surface area (Å²) in [5, 5.41) is 3.85. The largest absolute Gasteiger partial charge is 0.481 e. The minimum Gasteiger partial charge on any atom is -0.481 e. The fourth-order valence-corrected chi connectivity index (χ4v) is 1.93. The van der Waals surface area contributed by atoms with Crippen LogP contribution in [0.25, 0.3) is 1.43 Å². The summed E-state index contributed by atoms with van der Waals surface area (Å²) in [4.78, 5) is 10.7. The number of carboxylic acid groups (broad SMARTS) is 1. The maximum atomic E-state index is 10.7. The van der Waals surface area contributed by atoms with Crippen LogP contribution in [0, 0.1) is 0 Å². The summed E-state index contributed by atoms with van der Waals surface area (Å²) in [6.07, 6.45) is 14.4. The molecule has 0 aliphatic heterocycles. The molecular weight excluding hydrogens is 200 g/mol. The second kappa shape index (κ2) is 12.5. The van der Waals surface area contributed by atoms with Crippen LogP contribution < -0.4 is 0 Å². The van der Waals surface area contributed by atoms with E-state index < -0.39 is 5.97 Å². The molecule has 0 aliphatic rings. The number of hydrogen-bond acceptors (Lipinski definition) is 2. The predicted molar refractivity (Wildman–Crippen MR) is 68.7 cm³/mol. The topological polar surface area (TPSA) is 37.3 Å². The molecule has 2 nitrogen and oxygen atoms in total. The van der Waals surface area contributed by atoms with Gasteiger partial charge in [0.1, 0.15) is 0 Å². The SMILES string of the molecule is [2H]OC(=O)CCCCCCCCCCCCC. The van der Waals surface area contributed by atoms with Crippen LogP contribution in [0.5, 0.6) is 0 Å². The molecule has 0 aliphatic carbocycles. The number of unbranched alkanes of at least 4 members (excludes halogenated alkanes) is 10. The van der Waals surface area contributed by atoms with Gasteiger partial charge in [-0.15, -0.1) is 0 Å². The lowest BCUT2D eigenvalue weighted by molar-refractivity contribution is -0.137. The third-order valence-electron chi connectivity index (χ3n) is 2.98. The molecule has 0 fully saturated rings. The van der Waals surface area contributed by atoms with E-state index in [0.717, 1.165) is 12.8 Å². The summed E-state index contributed by atoms with van der Waals surface area (Å²) in [5.74, 6) is -0.402. The molecule has 2 heteroatoms. The molecule has 0 amide bonds. The Morgan fingerprint density at radius 2 is 1.31 bits per heavy atom. The van der Waals surface area contributed by atoms with Crippen molar-refractivity contribution < 1.29 is 9.90 Å². The minimum atomic E-state index is -0.402. The molecule has 0 radical (unpaired) electrons. The first-order valence-corrected chi connectivity index (χ1v) is 6.97. The molecule has 0 heterocycles. The molecular formula is C14H28O2. The molecule has 0 spiro atoms. The first kappa shape index (κ1) is 13.5. The van der Waals surface area contributed by atoms with Gasteiger partial charge in [0.15, 0.2) is 0 Å². The Kier molecular flexibility index (Phi) is 10.6. The zero-order valence-electron chi connectivity index (χ0n) is 11.8. The van der Waals surface area contributed by atoms with E-state index in [1.807, 2.05) is 0 Å². The number of rotatable bonds is 12. The van der Waals surface area contributed by atoms with Crippen molar-refractivity contribution >= 4 is 5.97 Å². The molecule has 1 N–H and O–H groups in total. The van der Waals surface area contributed by atoms with Crippen LogP contribution >= 0.6 is 0 Å². The first-order valence-electron chi connectivity index (χ1n) is 7.38. The highest BCUT2D eigenvalue weighted by Crippen LogP contribution is 2.11. The number of carbonyl (C=O) groups is 1. The zero-order valence-corrected chi connectivity index (χ0v) is 10.8. The molecule has 0 aromatic carbocycles. The Balaban J connectivity index is 2.96. The number of hydrogen-bond donors (Lipinski definition) is 1. The number of carboxylic acids is 1. The molecule has 0 aromatic rings.